The molecule has 1 aliphatic rings. The fourth-order valence-corrected chi connectivity index (χ4v) is 3.87. The molecular weight excluding hydrogens is 274 g/mol. The van der Waals surface area contributed by atoms with Gasteiger partial charge in [-0.05, 0) is 36.5 Å². The molecule has 1 saturated carbocycles. The maximum absolute atomic E-state index is 11.5. The minimum absolute atomic E-state index is 0.0329. The van der Waals surface area contributed by atoms with Crippen molar-refractivity contribution in [2.45, 2.75) is 42.9 Å². The van der Waals surface area contributed by atoms with Crippen LogP contribution in [0, 0.1) is 0 Å². The van der Waals surface area contributed by atoms with Gasteiger partial charge < -0.3 is 0 Å². The van der Waals surface area contributed by atoms with E-state index < -0.39 is 10.1 Å². The number of hydrogen-bond donors (Lipinski definition) is 1. The number of pyridine rings is 1. The van der Waals surface area contributed by atoms with Crippen molar-refractivity contribution in [1.29, 1.82) is 0 Å². The highest BCUT2D eigenvalue weighted by atomic mass is 32.2. The van der Waals surface area contributed by atoms with Crippen molar-refractivity contribution in [1.82, 2.24) is 4.98 Å². The SMILES string of the molecule is O=S(=O)(O)c1ccc(C2CCCCC2)c2cnccc12. The van der Waals surface area contributed by atoms with Gasteiger partial charge in [0.05, 0.1) is 0 Å². The molecule has 0 aliphatic heterocycles. The molecule has 5 heteroatoms. The number of aromatic nitrogens is 1. The number of benzene rings is 1. The van der Waals surface area contributed by atoms with Crippen LogP contribution in [-0.2, 0) is 10.1 Å². The van der Waals surface area contributed by atoms with E-state index in [9.17, 15) is 13.0 Å². The Labute approximate surface area is 118 Å². The first-order chi connectivity index (χ1) is 9.57. The highest BCUT2D eigenvalue weighted by Gasteiger charge is 2.21. The summed E-state index contributed by atoms with van der Waals surface area (Å²) in [6, 6.07) is 5.01. The lowest BCUT2D eigenvalue weighted by Crippen LogP contribution is -2.07. The number of hydrogen-bond acceptors (Lipinski definition) is 3. The van der Waals surface area contributed by atoms with Crippen molar-refractivity contribution in [3.63, 3.8) is 0 Å². The first-order valence-corrected chi connectivity index (χ1v) is 8.35. The van der Waals surface area contributed by atoms with Crippen molar-refractivity contribution in [2.24, 2.45) is 0 Å². The zero-order chi connectivity index (χ0) is 14.2. The lowest BCUT2D eigenvalue weighted by Gasteiger charge is -2.23. The zero-order valence-electron chi connectivity index (χ0n) is 11.1. The summed E-state index contributed by atoms with van der Waals surface area (Å²) in [5.41, 5.74) is 1.15. The average Bonchev–Trinajstić information content (AvgIpc) is 2.46. The lowest BCUT2D eigenvalue weighted by atomic mass is 9.82. The summed E-state index contributed by atoms with van der Waals surface area (Å²) >= 11 is 0. The van der Waals surface area contributed by atoms with Crippen molar-refractivity contribution >= 4 is 20.9 Å². The van der Waals surface area contributed by atoms with E-state index in [4.69, 9.17) is 0 Å². The van der Waals surface area contributed by atoms with E-state index in [0.29, 0.717) is 11.3 Å². The Morgan fingerprint density at radius 2 is 1.80 bits per heavy atom. The van der Waals surface area contributed by atoms with Gasteiger partial charge in [0, 0.05) is 23.2 Å². The standard InChI is InChI=1S/C15H17NO3S/c17-20(18,19)15-7-6-12(11-4-2-1-3-5-11)14-10-16-9-8-13(14)15/h6-11H,1-5H2,(H,17,18,19). The van der Waals surface area contributed by atoms with Crippen molar-refractivity contribution < 1.29 is 13.0 Å². The van der Waals surface area contributed by atoms with Crippen molar-refractivity contribution in [2.75, 3.05) is 0 Å². The monoisotopic (exact) mass is 291 g/mol. The molecule has 1 aromatic carbocycles. The van der Waals surface area contributed by atoms with Crippen LogP contribution in [0.1, 0.15) is 43.6 Å². The van der Waals surface area contributed by atoms with E-state index in [1.54, 1.807) is 18.5 Å². The van der Waals surface area contributed by atoms with Gasteiger partial charge in [-0.1, -0.05) is 25.3 Å². The molecule has 0 bridgehead atoms. The first-order valence-electron chi connectivity index (χ1n) is 6.91. The molecule has 106 valence electrons. The van der Waals surface area contributed by atoms with Crippen LogP contribution < -0.4 is 0 Å². The summed E-state index contributed by atoms with van der Waals surface area (Å²) in [5.74, 6) is 0.464. The molecule has 0 unspecified atom stereocenters. The normalized spacial score (nSPS) is 17.4. The van der Waals surface area contributed by atoms with Gasteiger partial charge in [-0.2, -0.15) is 8.42 Å². The van der Waals surface area contributed by atoms with Gasteiger partial charge in [0.15, 0.2) is 0 Å². The summed E-state index contributed by atoms with van der Waals surface area (Å²) < 4.78 is 32.3. The van der Waals surface area contributed by atoms with Crippen molar-refractivity contribution in [3.05, 3.63) is 36.2 Å². The summed E-state index contributed by atoms with van der Waals surface area (Å²) in [6.07, 6.45) is 9.23. The van der Waals surface area contributed by atoms with Crippen LogP contribution in [0.3, 0.4) is 0 Å². The van der Waals surface area contributed by atoms with E-state index in [0.717, 1.165) is 23.8 Å². The number of rotatable bonds is 2. The fourth-order valence-electron chi connectivity index (χ4n) is 3.18. The summed E-state index contributed by atoms with van der Waals surface area (Å²) in [7, 11) is -4.20. The third-order valence-electron chi connectivity index (χ3n) is 4.13. The van der Waals surface area contributed by atoms with Crippen LogP contribution in [-0.4, -0.2) is 18.0 Å². The van der Waals surface area contributed by atoms with E-state index in [-0.39, 0.29) is 4.90 Å². The molecule has 1 aliphatic carbocycles. The summed E-state index contributed by atoms with van der Waals surface area (Å²) in [5, 5.41) is 1.40. The van der Waals surface area contributed by atoms with Crippen LogP contribution in [0.4, 0.5) is 0 Å². The van der Waals surface area contributed by atoms with Gasteiger partial charge in [-0.3, -0.25) is 9.54 Å². The van der Waals surface area contributed by atoms with Crippen LogP contribution in [0.15, 0.2) is 35.5 Å². The molecule has 1 heterocycles. The van der Waals surface area contributed by atoms with Gasteiger partial charge in [-0.15, -0.1) is 0 Å². The molecule has 0 amide bonds. The maximum atomic E-state index is 11.5. The van der Waals surface area contributed by atoms with Crippen LogP contribution in [0.25, 0.3) is 10.8 Å². The molecule has 0 radical (unpaired) electrons. The Bertz CT molecular complexity index is 734. The minimum Gasteiger partial charge on any atom is -0.282 e. The molecule has 1 N–H and O–H groups in total. The highest BCUT2D eigenvalue weighted by Crippen LogP contribution is 2.37. The Hall–Kier alpha value is -1.46. The van der Waals surface area contributed by atoms with Crippen molar-refractivity contribution in [3.8, 4) is 0 Å². The molecular formula is C15H17NO3S. The molecule has 20 heavy (non-hydrogen) atoms. The molecule has 0 spiro atoms. The fraction of sp³-hybridized carbons (Fsp3) is 0.400. The van der Waals surface area contributed by atoms with Crippen LogP contribution >= 0.6 is 0 Å². The molecule has 0 saturated heterocycles. The quantitative estimate of drug-likeness (QED) is 0.859. The van der Waals surface area contributed by atoms with Crippen LogP contribution in [0.2, 0.25) is 0 Å². The first kappa shape index (κ1) is 13.5. The average molecular weight is 291 g/mol. The number of fused-ring (bicyclic) bond motifs is 1. The third-order valence-corrected chi connectivity index (χ3v) is 5.05. The molecule has 1 aromatic heterocycles. The molecule has 4 nitrogen and oxygen atoms in total. The van der Waals surface area contributed by atoms with E-state index in [1.807, 2.05) is 6.07 Å². The van der Waals surface area contributed by atoms with E-state index in [1.165, 1.54) is 25.3 Å². The molecule has 2 aromatic rings. The van der Waals surface area contributed by atoms with Gasteiger partial charge >= 0.3 is 0 Å². The predicted octanol–water partition coefficient (Wildman–Crippen LogP) is 3.53. The van der Waals surface area contributed by atoms with Crippen LogP contribution in [0.5, 0.6) is 0 Å². The van der Waals surface area contributed by atoms with E-state index >= 15 is 0 Å². The van der Waals surface area contributed by atoms with Gasteiger partial charge in [0.25, 0.3) is 10.1 Å². The lowest BCUT2D eigenvalue weighted by molar-refractivity contribution is 0.445. The molecule has 1 fully saturated rings. The van der Waals surface area contributed by atoms with E-state index in [2.05, 4.69) is 4.98 Å². The Balaban J connectivity index is 2.21. The van der Waals surface area contributed by atoms with Gasteiger partial charge in [0.2, 0.25) is 0 Å². The van der Waals surface area contributed by atoms with Gasteiger partial charge in [-0.25, -0.2) is 0 Å². The topological polar surface area (TPSA) is 67.3 Å². The predicted molar refractivity (Wildman–Crippen MR) is 77.4 cm³/mol. The van der Waals surface area contributed by atoms with Gasteiger partial charge in [0.1, 0.15) is 4.90 Å². The second-order valence-electron chi connectivity index (χ2n) is 5.38. The summed E-state index contributed by atoms with van der Waals surface area (Å²) in [6.45, 7) is 0. The number of nitrogens with zero attached hydrogens (tertiary/aromatic N) is 1. The smallest absolute Gasteiger partial charge is 0.282 e. The second-order valence-corrected chi connectivity index (χ2v) is 6.77. The second kappa shape index (κ2) is 5.14. The maximum Gasteiger partial charge on any atom is 0.295 e. The Kier molecular flexibility index (Phi) is 3.48. The third kappa shape index (κ3) is 2.43. The summed E-state index contributed by atoms with van der Waals surface area (Å²) in [4.78, 5) is 4.08. The Morgan fingerprint density at radius 1 is 1.05 bits per heavy atom. The Morgan fingerprint density at radius 3 is 2.50 bits per heavy atom. The highest BCUT2D eigenvalue weighted by molar-refractivity contribution is 7.86. The zero-order valence-corrected chi connectivity index (χ0v) is 11.9. The molecule has 0 atom stereocenters. The minimum atomic E-state index is -4.20. The largest absolute Gasteiger partial charge is 0.295 e. The molecule has 3 rings (SSSR count).